The Labute approximate surface area is 178 Å². The van der Waals surface area contributed by atoms with Crippen LogP contribution in [0.25, 0.3) is 22.1 Å². The topological polar surface area (TPSA) is 68.9 Å². The number of rotatable bonds is 4. The number of oxime groups is 1. The van der Waals surface area contributed by atoms with Crippen molar-refractivity contribution < 1.29 is 18.8 Å². The Kier molecular flexibility index (Phi) is 4.51. The summed E-state index contributed by atoms with van der Waals surface area (Å²) in [4.78, 5) is 28.7. The van der Waals surface area contributed by atoms with Gasteiger partial charge in [-0.15, -0.1) is 0 Å². The second kappa shape index (κ2) is 7.36. The molecule has 0 atom stereocenters. The van der Waals surface area contributed by atoms with Crippen LogP contribution in [0.4, 0.5) is 0 Å². The van der Waals surface area contributed by atoms with Gasteiger partial charge in [-0.25, -0.2) is 4.79 Å². The number of ketones is 1. The van der Waals surface area contributed by atoms with Crippen molar-refractivity contribution >= 4 is 28.4 Å². The van der Waals surface area contributed by atoms with Crippen molar-refractivity contribution in [2.24, 2.45) is 5.16 Å². The molecule has 5 rings (SSSR count). The minimum absolute atomic E-state index is 0.125. The molecule has 0 aliphatic heterocycles. The van der Waals surface area contributed by atoms with Gasteiger partial charge in [0.15, 0.2) is 5.76 Å². The Hall–Kier alpha value is -3.99. The molecule has 0 bridgehead atoms. The van der Waals surface area contributed by atoms with Crippen LogP contribution in [0, 0.1) is 0 Å². The first-order valence-electron chi connectivity index (χ1n) is 10.0. The average Bonchev–Trinajstić information content (AvgIpc) is 3.37. The van der Waals surface area contributed by atoms with E-state index < -0.39 is 5.97 Å². The maximum atomic E-state index is 13.0. The predicted molar refractivity (Wildman–Crippen MR) is 118 cm³/mol. The molecule has 3 aromatic carbocycles. The van der Waals surface area contributed by atoms with E-state index in [0.717, 1.165) is 39.6 Å². The fraction of sp³-hybridized carbons (Fsp3) is 0.115. The number of hydrogen-bond donors (Lipinski definition) is 0. The molecule has 0 N–H and O–H groups in total. The lowest BCUT2D eigenvalue weighted by molar-refractivity contribution is -0.140. The molecule has 0 fully saturated rings. The Morgan fingerprint density at radius 2 is 1.55 bits per heavy atom. The number of nitrogens with zero attached hydrogens (tertiary/aromatic N) is 1. The number of para-hydroxylation sites is 1. The van der Waals surface area contributed by atoms with Gasteiger partial charge in [0, 0.05) is 17.9 Å². The summed E-state index contributed by atoms with van der Waals surface area (Å²) >= 11 is 0. The van der Waals surface area contributed by atoms with Gasteiger partial charge in [0.25, 0.3) is 0 Å². The van der Waals surface area contributed by atoms with Crippen LogP contribution in [0.5, 0.6) is 0 Å². The first kappa shape index (κ1) is 19.0. The quantitative estimate of drug-likeness (QED) is 0.170. The average molecular weight is 409 g/mol. The summed E-state index contributed by atoms with van der Waals surface area (Å²) in [5.74, 6) is -0.231. The summed E-state index contributed by atoms with van der Waals surface area (Å²) in [6, 6.07) is 21.2. The number of carbonyl (C=O) groups excluding carboxylic acids is 2. The van der Waals surface area contributed by atoms with Crippen molar-refractivity contribution in [3.05, 3.63) is 94.7 Å². The Bertz CT molecular complexity index is 1360. The third kappa shape index (κ3) is 3.44. The molecule has 1 aliphatic carbocycles. The van der Waals surface area contributed by atoms with Crippen molar-refractivity contribution in [1.82, 2.24) is 0 Å². The fourth-order valence-corrected chi connectivity index (χ4v) is 4.00. The lowest BCUT2D eigenvalue weighted by atomic mass is 10.00. The van der Waals surface area contributed by atoms with Gasteiger partial charge in [0.1, 0.15) is 5.58 Å². The molecule has 1 heterocycles. The largest absolute Gasteiger partial charge is 0.453 e. The summed E-state index contributed by atoms with van der Waals surface area (Å²) in [6.07, 6.45) is 0.723. The molecule has 0 unspecified atom stereocenters. The van der Waals surface area contributed by atoms with E-state index in [2.05, 4.69) is 11.2 Å². The maximum Gasteiger partial charge on any atom is 0.331 e. The molecule has 0 radical (unpaired) electrons. The molecule has 5 nitrogen and oxygen atoms in total. The molecular formula is C26H19NO4. The van der Waals surface area contributed by atoms with E-state index in [1.807, 2.05) is 54.6 Å². The van der Waals surface area contributed by atoms with Gasteiger partial charge in [-0.3, -0.25) is 4.79 Å². The van der Waals surface area contributed by atoms with Crippen LogP contribution < -0.4 is 0 Å². The van der Waals surface area contributed by atoms with Crippen LogP contribution in [-0.4, -0.2) is 17.5 Å². The molecule has 1 aliphatic rings. The molecule has 4 aromatic rings. The highest BCUT2D eigenvalue weighted by Gasteiger charge is 2.22. The molecular weight excluding hydrogens is 390 g/mol. The molecule has 0 saturated carbocycles. The summed E-state index contributed by atoms with van der Waals surface area (Å²) < 4.78 is 5.75. The van der Waals surface area contributed by atoms with Gasteiger partial charge in [0.05, 0.1) is 5.71 Å². The van der Waals surface area contributed by atoms with Crippen molar-refractivity contribution in [3.63, 3.8) is 0 Å². The van der Waals surface area contributed by atoms with Crippen LogP contribution in [0.3, 0.4) is 0 Å². The second-order valence-electron chi connectivity index (χ2n) is 7.66. The summed E-state index contributed by atoms with van der Waals surface area (Å²) in [6.45, 7) is 3.12. The number of fused-ring (bicyclic) bond motifs is 4. The monoisotopic (exact) mass is 409 g/mol. The van der Waals surface area contributed by atoms with Gasteiger partial charge in [-0.1, -0.05) is 47.6 Å². The Balaban J connectivity index is 1.44. The zero-order chi connectivity index (χ0) is 21.5. The zero-order valence-electron chi connectivity index (χ0n) is 17.1. The van der Waals surface area contributed by atoms with Gasteiger partial charge in [-0.05, 0) is 65.4 Å². The zero-order valence-corrected chi connectivity index (χ0v) is 17.1. The number of furan rings is 1. The third-order valence-electron chi connectivity index (χ3n) is 5.52. The van der Waals surface area contributed by atoms with E-state index in [9.17, 15) is 9.59 Å². The standard InChI is InChI=1S/C26H19NO4/c1-15(27-31-16(2)28)17-7-9-22-20(11-17)13-21-12-19(8-10-23(21)22)26(29)25-14-18-5-3-4-6-24(18)30-25/h3-12,14H,13H2,1-2H3/b27-15+. The molecule has 0 saturated heterocycles. The minimum Gasteiger partial charge on any atom is -0.453 e. The van der Waals surface area contributed by atoms with Crippen molar-refractivity contribution in [2.75, 3.05) is 0 Å². The highest BCUT2D eigenvalue weighted by atomic mass is 16.7. The molecule has 0 amide bonds. The van der Waals surface area contributed by atoms with Crippen LogP contribution in [-0.2, 0) is 16.1 Å². The highest BCUT2D eigenvalue weighted by molar-refractivity contribution is 6.09. The van der Waals surface area contributed by atoms with E-state index >= 15 is 0 Å². The number of benzene rings is 3. The molecule has 152 valence electrons. The Morgan fingerprint density at radius 3 is 2.26 bits per heavy atom. The van der Waals surface area contributed by atoms with Gasteiger partial charge in [0.2, 0.25) is 5.78 Å². The minimum atomic E-state index is -0.449. The van der Waals surface area contributed by atoms with Gasteiger partial charge in [-0.2, -0.15) is 0 Å². The van der Waals surface area contributed by atoms with E-state index in [-0.39, 0.29) is 5.78 Å². The van der Waals surface area contributed by atoms with Crippen LogP contribution in [0.1, 0.15) is 46.7 Å². The lowest BCUT2D eigenvalue weighted by Gasteiger charge is -2.05. The SMILES string of the molecule is CC(=O)O/N=C(\C)c1ccc2c(c1)Cc1cc(C(=O)c3cc4ccccc4o3)ccc1-2. The van der Waals surface area contributed by atoms with E-state index in [4.69, 9.17) is 9.25 Å². The van der Waals surface area contributed by atoms with Gasteiger partial charge >= 0.3 is 5.97 Å². The van der Waals surface area contributed by atoms with Gasteiger partial charge < -0.3 is 9.25 Å². The number of hydrogen-bond acceptors (Lipinski definition) is 5. The lowest BCUT2D eigenvalue weighted by Crippen LogP contribution is -2.00. The summed E-state index contributed by atoms with van der Waals surface area (Å²) in [5.41, 5.74) is 7.36. The highest BCUT2D eigenvalue weighted by Crippen LogP contribution is 2.38. The summed E-state index contributed by atoms with van der Waals surface area (Å²) in [7, 11) is 0. The molecule has 1 aromatic heterocycles. The van der Waals surface area contributed by atoms with Crippen LogP contribution >= 0.6 is 0 Å². The fourth-order valence-electron chi connectivity index (χ4n) is 4.00. The first-order chi connectivity index (χ1) is 15.0. The third-order valence-corrected chi connectivity index (χ3v) is 5.52. The molecule has 31 heavy (non-hydrogen) atoms. The van der Waals surface area contributed by atoms with Crippen molar-refractivity contribution in [1.29, 1.82) is 0 Å². The van der Waals surface area contributed by atoms with Crippen molar-refractivity contribution in [2.45, 2.75) is 20.3 Å². The second-order valence-corrected chi connectivity index (χ2v) is 7.66. The Morgan fingerprint density at radius 1 is 0.871 bits per heavy atom. The van der Waals surface area contributed by atoms with Crippen LogP contribution in [0.15, 0.2) is 76.3 Å². The smallest absolute Gasteiger partial charge is 0.331 e. The van der Waals surface area contributed by atoms with Crippen LogP contribution in [0.2, 0.25) is 0 Å². The normalized spacial score (nSPS) is 12.5. The molecule has 5 heteroatoms. The van der Waals surface area contributed by atoms with E-state index in [1.165, 1.54) is 6.92 Å². The van der Waals surface area contributed by atoms with Crippen molar-refractivity contribution in [3.8, 4) is 11.1 Å². The first-order valence-corrected chi connectivity index (χ1v) is 10.0. The number of carbonyl (C=O) groups is 2. The van der Waals surface area contributed by atoms with E-state index in [1.54, 1.807) is 13.0 Å². The molecule has 0 spiro atoms. The predicted octanol–water partition coefficient (Wildman–Crippen LogP) is 5.52. The van der Waals surface area contributed by atoms with E-state index in [0.29, 0.717) is 22.6 Å². The summed E-state index contributed by atoms with van der Waals surface area (Å²) in [5, 5.41) is 4.78. The maximum absolute atomic E-state index is 13.0.